The summed E-state index contributed by atoms with van der Waals surface area (Å²) in [4.78, 5) is 27.8. The molecule has 0 aliphatic carbocycles. The van der Waals surface area contributed by atoms with E-state index >= 15 is 0 Å². The summed E-state index contributed by atoms with van der Waals surface area (Å²) in [6.07, 6.45) is 0.266. The van der Waals surface area contributed by atoms with E-state index < -0.39 is 0 Å². The topological polar surface area (TPSA) is 58.6 Å². The molecule has 36 heavy (non-hydrogen) atoms. The summed E-state index contributed by atoms with van der Waals surface area (Å²) in [6, 6.07) is 34.3. The van der Waals surface area contributed by atoms with Gasteiger partial charge in [0.1, 0.15) is 5.75 Å². The van der Waals surface area contributed by atoms with Gasteiger partial charge in [-0.2, -0.15) is 0 Å². The predicted octanol–water partition coefficient (Wildman–Crippen LogP) is 5.96. The summed E-state index contributed by atoms with van der Waals surface area (Å²) < 4.78 is 5.26. The van der Waals surface area contributed by atoms with E-state index in [1.54, 1.807) is 12.0 Å². The highest BCUT2D eigenvalue weighted by Gasteiger charge is 2.19. The Hall–Kier alpha value is -4.38. The lowest BCUT2D eigenvalue weighted by atomic mass is 10.1. The number of nitrogens with zero attached hydrogens (tertiary/aromatic N) is 1. The highest BCUT2D eigenvalue weighted by Crippen LogP contribution is 2.23. The molecule has 0 saturated heterocycles. The first-order valence-corrected chi connectivity index (χ1v) is 12.0. The first kappa shape index (κ1) is 24.7. The summed E-state index contributed by atoms with van der Waals surface area (Å²) in [5, 5.41) is 3.05. The van der Waals surface area contributed by atoms with Gasteiger partial charge in [0.15, 0.2) is 0 Å². The molecule has 4 aromatic carbocycles. The molecule has 0 aliphatic heterocycles. The second kappa shape index (κ2) is 11.8. The number of ether oxygens (including phenoxy) is 1. The number of hydrogen-bond donors (Lipinski definition) is 1. The van der Waals surface area contributed by atoms with Gasteiger partial charge in [-0.1, -0.05) is 72.8 Å². The first-order chi connectivity index (χ1) is 17.5. The van der Waals surface area contributed by atoms with Crippen LogP contribution in [0.5, 0.6) is 5.75 Å². The fourth-order valence-corrected chi connectivity index (χ4v) is 4.03. The molecule has 1 atom stereocenters. The summed E-state index contributed by atoms with van der Waals surface area (Å²) in [6.45, 7) is 2.38. The fraction of sp³-hybridized carbons (Fsp3) is 0.161. The lowest BCUT2D eigenvalue weighted by Crippen LogP contribution is -2.30. The van der Waals surface area contributed by atoms with Gasteiger partial charge < -0.3 is 15.0 Å². The smallest absolute Gasteiger partial charge is 0.258 e. The van der Waals surface area contributed by atoms with Crippen LogP contribution in [0.1, 0.15) is 40.0 Å². The van der Waals surface area contributed by atoms with Crippen LogP contribution in [0.25, 0.3) is 0 Å². The van der Waals surface area contributed by atoms with E-state index in [9.17, 15) is 9.59 Å². The average Bonchev–Trinajstić information content (AvgIpc) is 2.93. The monoisotopic (exact) mass is 478 g/mol. The molecule has 0 bridgehead atoms. The second-order valence-corrected chi connectivity index (χ2v) is 8.65. The van der Waals surface area contributed by atoms with Crippen LogP contribution in [-0.4, -0.2) is 18.9 Å². The molecule has 0 heterocycles. The zero-order chi connectivity index (χ0) is 25.3. The molecule has 0 aliphatic rings. The maximum Gasteiger partial charge on any atom is 0.258 e. The molecule has 0 fully saturated rings. The molecule has 5 heteroatoms. The minimum Gasteiger partial charge on any atom is -0.497 e. The number of anilines is 1. The van der Waals surface area contributed by atoms with Gasteiger partial charge in [0.05, 0.1) is 26.1 Å². The molecule has 1 N–H and O–H groups in total. The zero-order valence-corrected chi connectivity index (χ0v) is 20.6. The molecule has 0 aromatic heterocycles. The first-order valence-electron chi connectivity index (χ1n) is 12.0. The highest BCUT2D eigenvalue weighted by molar-refractivity contribution is 6.06. The number of hydrogen-bond acceptors (Lipinski definition) is 3. The van der Waals surface area contributed by atoms with Crippen molar-refractivity contribution < 1.29 is 14.3 Å². The Bertz CT molecular complexity index is 1270. The van der Waals surface area contributed by atoms with Gasteiger partial charge in [-0.15, -0.1) is 0 Å². The van der Waals surface area contributed by atoms with E-state index in [2.05, 4.69) is 5.32 Å². The zero-order valence-electron chi connectivity index (χ0n) is 20.6. The maximum absolute atomic E-state index is 13.4. The van der Waals surface area contributed by atoms with Gasteiger partial charge >= 0.3 is 0 Å². The van der Waals surface area contributed by atoms with Crippen LogP contribution in [0.2, 0.25) is 0 Å². The van der Waals surface area contributed by atoms with Gasteiger partial charge in [-0.25, -0.2) is 0 Å². The number of carbonyl (C=O) groups excluding carboxylic acids is 2. The largest absolute Gasteiger partial charge is 0.497 e. The van der Waals surface area contributed by atoms with E-state index in [-0.39, 0.29) is 24.3 Å². The third kappa shape index (κ3) is 6.39. The van der Waals surface area contributed by atoms with Crippen molar-refractivity contribution in [2.75, 3.05) is 12.0 Å². The number of methoxy groups -OCH3 is 1. The summed E-state index contributed by atoms with van der Waals surface area (Å²) in [5.74, 6) is 0.632. The Morgan fingerprint density at radius 1 is 0.778 bits per heavy atom. The number of rotatable bonds is 9. The lowest BCUT2D eigenvalue weighted by molar-refractivity contribution is -0.121. The van der Waals surface area contributed by atoms with Crippen molar-refractivity contribution in [1.29, 1.82) is 0 Å². The van der Waals surface area contributed by atoms with E-state index in [0.717, 1.165) is 28.1 Å². The van der Waals surface area contributed by atoms with Crippen LogP contribution in [0, 0.1) is 0 Å². The van der Waals surface area contributed by atoms with Crippen molar-refractivity contribution >= 4 is 17.5 Å². The van der Waals surface area contributed by atoms with E-state index in [1.807, 2.05) is 116 Å². The van der Waals surface area contributed by atoms with Crippen molar-refractivity contribution in [2.24, 2.45) is 0 Å². The predicted molar refractivity (Wildman–Crippen MR) is 143 cm³/mol. The van der Waals surface area contributed by atoms with Crippen LogP contribution in [0.15, 0.2) is 109 Å². The van der Waals surface area contributed by atoms with E-state index in [4.69, 9.17) is 4.74 Å². The summed E-state index contributed by atoms with van der Waals surface area (Å²) >= 11 is 0. The molecule has 4 aromatic rings. The Morgan fingerprint density at radius 3 is 1.97 bits per heavy atom. The molecule has 1 unspecified atom stereocenters. The van der Waals surface area contributed by atoms with E-state index in [1.165, 1.54) is 0 Å². The Kier molecular flexibility index (Phi) is 8.14. The van der Waals surface area contributed by atoms with Crippen LogP contribution < -0.4 is 15.0 Å². The van der Waals surface area contributed by atoms with Gasteiger partial charge in [0.2, 0.25) is 5.91 Å². The molecule has 0 saturated carbocycles. The molecule has 4 rings (SSSR count). The second-order valence-electron chi connectivity index (χ2n) is 8.65. The Balaban J connectivity index is 1.49. The Morgan fingerprint density at radius 2 is 1.36 bits per heavy atom. The van der Waals surface area contributed by atoms with Gasteiger partial charge in [0, 0.05) is 11.3 Å². The highest BCUT2D eigenvalue weighted by atomic mass is 16.5. The van der Waals surface area contributed by atoms with E-state index in [0.29, 0.717) is 12.1 Å². The minimum atomic E-state index is -0.0893. The number of nitrogens with one attached hydrogen (secondary N) is 1. The SMILES string of the molecule is COc1ccc(CN(C(=O)c2ccccc2)c2ccc(CC(=O)NC(C)c3ccccc3)cc2)cc1. The number of amides is 2. The van der Waals surface area contributed by atoms with Crippen molar-refractivity contribution in [3.8, 4) is 5.75 Å². The average molecular weight is 479 g/mol. The molecule has 0 radical (unpaired) electrons. The van der Waals surface area contributed by atoms with Crippen LogP contribution >= 0.6 is 0 Å². The van der Waals surface area contributed by atoms with Gasteiger partial charge in [-0.05, 0) is 60.0 Å². The van der Waals surface area contributed by atoms with Gasteiger partial charge in [-0.3, -0.25) is 9.59 Å². The fourth-order valence-electron chi connectivity index (χ4n) is 4.03. The molecular weight excluding hydrogens is 448 g/mol. The third-order valence-electron chi connectivity index (χ3n) is 6.06. The lowest BCUT2D eigenvalue weighted by Gasteiger charge is -2.24. The summed E-state index contributed by atoms with van der Waals surface area (Å²) in [7, 11) is 1.63. The van der Waals surface area contributed by atoms with Crippen LogP contribution in [0.4, 0.5) is 5.69 Å². The van der Waals surface area contributed by atoms with Crippen molar-refractivity contribution in [3.05, 3.63) is 131 Å². The Labute approximate surface area is 212 Å². The van der Waals surface area contributed by atoms with Gasteiger partial charge in [0.25, 0.3) is 5.91 Å². The normalized spacial score (nSPS) is 11.4. The summed E-state index contributed by atoms with van der Waals surface area (Å²) in [5.41, 5.74) is 4.31. The van der Waals surface area contributed by atoms with Crippen molar-refractivity contribution in [1.82, 2.24) is 5.32 Å². The van der Waals surface area contributed by atoms with Crippen molar-refractivity contribution in [2.45, 2.75) is 25.9 Å². The van der Waals surface area contributed by atoms with Crippen LogP contribution in [0.3, 0.4) is 0 Å². The molecule has 2 amide bonds. The number of benzene rings is 4. The third-order valence-corrected chi connectivity index (χ3v) is 6.06. The molecule has 182 valence electrons. The minimum absolute atomic E-state index is 0.0467. The maximum atomic E-state index is 13.4. The van der Waals surface area contributed by atoms with Crippen LogP contribution in [-0.2, 0) is 17.8 Å². The molecule has 5 nitrogen and oxygen atoms in total. The number of carbonyl (C=O) groups is 2. The molecule has 0 spiro atoms. The quantitative estimate of drug-likeness (QED) is 0.323. The van der Waals surface area contributed by atoms with Crippen molar-refractivity contribution in [3.63, 3.8) is 0 Å². The standard InChI is InChI=1S/C31H30N2O3/c1-23(26-9-5-3-6-10-26)32-30(34)21-24-13-17-28(18-14-24)33(31(35)27-11-7-4-8-12-27)22-25-15-19-29(36-2)20-16-25/h3-20,23H,21-22H2,1-2H3,(H,32,34). The molecular formula is C31H30N2O3.